The van der Waals surface area contributed by atoms with Gasteiger partial charge >= 0.3 is 0 Å². The summed E-state index contributed by atoms with van der Waals surface area (Å²) in [4.78, 5) is 0. The zero-order valence-electron chi connectivity index (χ0n) is 14.1. The van der Waals surface area contributed by atoms with Gasteiger partial charge in [0.2, 0.25) is 10.0 Å². The standard InChI is InChI=1S/C17H33NO2S/c1-4-6-8-10-12-16(11-9-7-5-2)17-13-14-18(15-17)21(3,19)20/h13,16H,4-12,14-15H2,1-3H3. The van der Waals surface area contributed by atoms with Crippen LogP contribution in [-0.4, -0.2) is 32.1 Å². The van der Waals surface area contributed by atoms with Crippen LogP contribution in [0.25, 0.3) is 0 Å². The Labute approximate surface area is 131 Å². The summed E-state index contributed by atoms with van der Waals surface area (Å²) in [6.45, 7) is 5.68. The Morgan fingerprint density at radius 3 is 2.14 bits per heavy atom. The summed E-state index contributed by atoms with van der Waals surface area (Å²) in [6.07, 6.45) is 14.9. The lowest BCUT2D eigenvalue weighted by Gasteiger charge is -2.20. The number of nitrogens with zero attached hydrogens (tertiary/aromatic N) is 1. The molecule has 21 heavy (non-hydrogen) atoms. The van der Waals surface area contributed by atoms with Crippen LogP contribution in [0, 0.1) is 5.92 Å². The maximum atomic E-state index is 11.7. The maximum absolute atomic E-state index is 11.7. The van der Waals surface area contributed by atoms with Crippen molar-refractivity contribution in [2.24, 2.45) is 5.92 Å². The third-order valence-electron chi connectivity index (χ3n) is 4.47. The second-order valence-corrected chi connectivity index (χ2v) is 8.36. The second kappa shape index (κ2) is 9.62. The van der Waals surface area contributed by atoms with E-state index < -0.39 is 10.0 Å². The van der Waals surface area contributed by atoms with Crippen LogP contribution in [0.5, 0.6) is 0 Å². The van der Waals surface area contributed by atoms with Crippen molar-refractivity contribution in [1.29, 1.82) is 0 Å². The molecule has 0 amide bonds. The third kappa shape index (κ3) is 6.96. The minimum atomic E-state index is -3.04. The summed E-state index contributed by atoms with van der Waals surface area (Å²) in [5.74, 6) is 0.597. The van der Waals surface area contributed by atoms with Crippen molar-refractivity contribution in [2.45, 2.75) is 71.6 Å². The highest BCUT2D eigenvalue weighted by Gasteiger charge is 2.26. The molecule has 0 aromatic heterocycles. The lowest BCUT2D eigenvalue weighted by atomic mass is 9.88. The van der Waals surface area contributed by atoms with Crippen molar-refractivity contribution >= 4 is 10.0 Å². The van der Waals surface area contributed by atoms with Crippen molar-refractivity contribution in [2.75, 3.05) is 19.3 Å². The maximum Gasteiger partial charge on any atom is 0.211 e. The van der Waals surface area contributed by atoms with Crippen LogP contribution < -0.4 is 0 Å². The van der Waals surface area contributed by atoms with Gasteiger partial charge in [0.15, 0.2) is 0 Å². The topological polar surface area (TPSA) is 37.4 Å². The van der Waals surface area contributed by atoms with Crippen molar-refractivity contribution in [1.82, 2.24) is 4.31 Å². The van der Waals surface area contributed by atoms with Gasteiger partial charge in [0.05, 0.1) is 6.26 Å². The molecule has 0 saturated carbocycles. The van der Waals surface area contributed by atoms with Crippen LogP contribution in [-0.2, 0) is 10.0 Å². The third-order valence-corrected chi connectivity index (χ3v) is 5.69. The molecule has 1 aliphatic heterocycles. The van der Waals surface area contributed by atoms with E-state index in [2.05, 4.69) is 19.9 Å². The van der Waals surface area contributed by atoms with Gasteiger partial charge in [0.25, 0.3) is 0 Å². The summed E-state index contributed by atoms with van der Waals surface area (Å²) in [5.41, 5.74) is 1.37. The van der Waals surface area contributed by atoms with Crippen molar-refractivity contribution < 1.29 is 8.42 Å². The second-order valence-electron chi connectivity index (χ2n) is 6.38. The lowest BCUT2D eigenvalue weighted by molar-refractivity contribution is 0.432. The fraction of sp³-hybridized carbons (Fsp3) is 0.882. The Bertz CT molecular complexity index is 415. The van der Waals surface area contributed by atoms with Crippen LogP contribution in [0.4, 0.5) is 0 Å². The molecule has 1 atom stereocenters. The fourth-order valence-corrected chi connectivity index (χ4v) is 3.80. The van der Waals surface area contributed by atoms with E-state index in [9.17, 15) is 8.42 Å². The van der Waals surface area contributed by atoms with Gasteiger partial charge in [-0.15, -0.1) is 0 Å². The highest BCUT2D eigenvalue weighted by atomic mass is 32.2. The van der Waals surface area contributed by atoms with Gasteiger partial charge in [-0.3, -0.25) is 0 Å². The first-order valence-electron chi connectivity index (χ1n) is 8.63. The molecule has 0 aromatic carbocycles. The van der Waals surface area contributed by atoms with E-state index >= 15 is 0 Å². The summed E-state index contributed by atoms with van der Waals surface area (Å²) in [6, 6.07) is 0. The van der Waals surface area contributed by atoms with Crippen molar-refractivity contribution in [3.05, 3.63) is 11.6 Å². The van der Waals surface area contributed by atoms with E-state index in [4.69, 9.17) is 0 Å². The molecule has 3 nitrogen and oxygen atoms in total. The van der Waals surface area contributed by atoms with Crippen LogP contribution in [0.15, 0.2) is 11.6 Å². The average Bonchev–Trinajstić information content (AvgIpc) is 2.91. The Hall–Kier alpha value is -0.350. The number of unbranched alkanes of at least 4 members (excludes halogenated alkanes) is 5. The van der Waals surface area contributed by atoms with Gasteiger partial charge in [-0.25, -0.2) is 8.42 Å². The van der Waals surface area contributed by atoms with Gasteiger partial charge in [-0.2, -0.15) is 4.31 Å². The molecule has 0 saturated heterocycles. The number of hydrogen-bond donors (Lipinski definition) is 0. The van der Waals surface area contributed by atoms with Crippen LogP contribution in [0.3, 0.4) is 0 Å². The Morgan fingerprint density at radius 2 is 1.62 bits per heavy atom. The van der Waals surface area contributed by atoms with E-state index in [1.165, 1.54) is 69.6 Å². The molecule has 1 aliphatic rings. The number of rotatable bonds is 11. The largest absolute Gasteiger partial charge is 0.212 e. The first kappa shape index (κ1) is 18.7. The van der Waals surface area contributed by atoms with E-state index in [0.717, 1.165) is 0 Å². The average molecular weight is 316 g/mol. The first-order chi connectivity index (χ1) is 9.99. The van der Waals surface area contributed by atoms with Crippen LogP contribution in [0.2, 0.25) is 0 Å². The smallest absolute Gasteiger partial charge is 0.211 e. The molecule has 0 radical (unpaired) electrons. The predicted molar refractivity (Wildman–Crippen MR) is 90.9 cm³/mol. The first-order valence-corrected chi connectivity index (χ1v) is 10.5. The summed E-state index contributed by atoms with van der Waals surface area (Å²) >= 11 is 0. The molecule has 1 heterocycles. The minimum absolute atomic E-state index is 0.577. The zero-order chi connectivity index (χ0) is 15.7. The fourth-order valence-electron chi connectivity index (χ4n) is 3.07. The van der Waals surface area contributed by atoms with E-state index in [1.807, 2.05) is 0 Å². The molecule has 1 unspecified atom stereocenters. The molecule has 0 spiro atoms. The molecular formula is C17H33NO2S. The SMILES string of the molecule is CCCCCCC(CCCCC)C1=CCN(S(C)(=O)=O)C1. The quantitative estimate of drug-likeness (QED) is 0.420. The highest BCUT2D eigenvalue weighted by molar-refractivity contribution is 7.88. The van der Waals surface area contributed by atoms with E-state index in [-0.39, 0.29) is 0 Å². The monoisotopic (exact) mass is 315 g/mol. The molecule has 0 bridgehead atoms. The lowest BCUT2D eigenvalue weighted by Crippen LogP contribution is -2.28. The van der Waals surface area contributed by atoms with E-state index in [1.54, 1.807) is 4.31 Å². The Kier molecular flexibility index (Phi) is 8.57. The molecule has 1 rings (SSSR count). The zero-order valence-corrected chi connectivity index (χ0v) is 14.9. The van der Waals surface area contributed by atoms with Gasteiger partial charge in [0, 0.05) is 13.1 Å². The van der Waals surface area contributed by atoms with Crippen LogP contribution in [0.1, 0.15) is 71.6 Å². The van der Waals surface area contributed by atoms with E-state index in [0.29, 0.717) is 19.0 Å². The molecule has 0 fully saturated rings. The number of hydrogen-bond acceptors (Lipinski definition) is 2. The van der Waals surface area contributed by atoms with Gasteiger partial charge in [-0.1, -0.05) is 70.4 Å². The Morgan fingerprint density at radius 1 is 1.05 bits per heavy atom. The Balaban J connectivity index is 2.51. The highest BCUT2D eigenvalue weighted by Crippen LogP contribution is 2.29. The van der Waals surface area contributed by atoms with Gasteiger partial charge < -0.3 is 0 Å². The molecule has 0 aromatic rings. The number of sulfonamides is 1. The molecule has 0 aliphatic carbocycles. The molecule has 124 valence electrons. The molecular weight excluding hydrogens is 282 g/mol. The molecule has 0 N–H and O–H groups in total. The molecule has 4 heteroatoms. The summed E-state index contributed by atoms with van der Waals surface area (Å²) in [5, 5.41) is 0. The predicted octanol–water partition coefficient (Wildman–Crippen LogP) is 4.35. The van der Waals surface area contributed by atoms with Gasteiger partial charge in [-0.05, 0) is 18.8 Å². The summed E-state index contributed by atoms with van der Waals surface area (Å²) in [7, 11) is -3.04. The normalized spacial score (nSPS) is 18.0. The minimum Gasteiger partial charge on any atom is -0.212 e. The van der Waals surface area contributed by atoms with Crippen molar-refractivity contribution in [3.8, 4) is 0 Å². The van der Waals surface area contributed by atoms with Gasteiger partial charge in [0.1, 0.15) is 0 Å². The van der Waals surface area contributed by atoms with Crippen LogP contribution >= 0.6 is 0 Å². The van der Waals surface area contributed by atoms with Crippen molar-refractivity contribution in [3.63, 3.8) is 0 Å². The summed E-state index contributed by atoms with van der Waals surface area (Å²) < 4.78 is 24.9.